The summed E-state index contributed by atoms with van der Waals surface area (Å²) in [6, 6.07) is 0. The number of hydrogen-bond acceptors (Lipinski definition) is 1. The van der Waals surface area contributed by atoms with Crippen LogP contribution in [0.5, 0.6) is 0 Å². The lowest BCUT2D eigenvalue weighted by molar-refractivity contribution is -0.117. The first kappa shape index (κ1) is 26.1. The van der Waals surface area contributed by atoms with Crippen molar-refractivity contribution in [1.82, 2.24) is 0 Å². The van der Waals surface area contributed by atoms with Crippen molar-refractivity contribution in [3.8, 4) is 0 Å². The van der Waals surface area contributed by atoms with Crippen molar-refractivity contribution in [1.29, 1.82) is 0 Å². The highest BCUT2D eigenvalue weighted by Crippen LogP contribution is 1.97. The van der Waals surface area contributed by atoms with Crippen LogP contribution in [0.1, 0.15) is 72.1 Å². The summed E-state index contributed by atoms with van der Waals surface area (Å²) in [5.41, 5.74) is 5.06. The Kier molecular flexibility index (Phi) is 25.3. The Morgan fingerprint density at radius 1 is 0.615 bits per heavy atom. The van der Waals surface area contributed by atoms with Crippen LogP contribution in [0.2, 0.25) is 0 Å². The van der Waals surface area contributed by atoms with Gasteiger partial charge in [-0.15, -0.1) is 0 Å². The lowest BCUT2D eigenvalue weighted by Gasteiger charge is -1.88. The molecule has 0 saturated heterocycles. The lowest BCUT2D eigenvalue weighted by atomic mass is 10.2. The van der Waals surface area contributed by atoms with Gasteiger partial charge in [-0.25, -0.2) is 0 Å². The highest BCUT2D eigenvalue weighted by molar-refractivity contribution is 5.73. The van der Waals surface area contributed by atoms with Gasteiger partial charge >= 0.3 is 0 Å². The number of primary amides is 1. The van der Waals surface area contributed by atoms with Crippen LogP contribution < -0.4 is 5.73 Å². The van der Waals surface area contributed by atoms with Crippen LogP contribution in [-0.4, -0.2) is 5.91 Å². The largest absolute Gasteiger partial charge is 0.370 e. The Balaban J connectivity index is 0. The predicted molar refractivity (Wildman–Crippen MR) is 118 cm³/mol. The molecule has 0 unspecified atom stereocenters. The minimum Gasteiger partial charge on any atom is -0.370 e. The molecule has 0 aliphatic rings. The molecule has 0 aliphatic heterocycles. The molecular weight excluding hydrogens is 318 g/mol. The van der Waals surface area contributed by atoms with E-state index in [0.29, 0.717) is 6.42 Å². The van der Waals surface area contributed by atoms with Crippen LogP contribution in [-0.2, 0) is 4.79 Å². The molecule has 1 amide bonds. The molecule has 26 heavy (non-hydrogen) atoms. The third-order valence-electron chi connectivity index (χ3n) is 3.15. The molecule has 0 heterocycles. The Bertz CT molecular complexity index is 465. The van der Waals surface area contributed by atoms with E-state index in [0.717, 1.165) is 44.9 Å². The zero-order chi connectivity index (χ0) is 19.7. The number of rotatable bonds is 14. The molecule has 0 fully saturated rings. The Hall–Kier alpha value is -2.09. The van der Waals surface area contributed by atoms with E-state index in [2.05, 4.69) is 73.8 Å². The molecular formula is C24H39NO. The van der Waals surface area contributed by atoms with E-state index in [9.17, 15) is 4.79 Å². The van der Waals surface area contributed by atoms with Gasteiger partial charge in [0.1, 0.15) is 0 Å². The van der Waals surface area contributed by atoms with Gasteiger partial charge in [-0.2, -0.15) is 0 Å². The predicted octanol–water partition coefficient (Wildman–Crippen LogP) is 6.98. The molecule has 0 atom stereocenters. The maximum absolute atomic E-state index is 10.5. The number of hydrogen-bond donors (Lipinski definition) is 1. The summed E-state index contributed by atoms with van der Waals surface area (Å²) in [4.78, 5) is 10.5. The molecule has 0 aromatic carbocycles. The van der Waals surface area contributed by atoms with Crippen LogP contribution in [0.4, 0.5) is 0 Å². The minimum absolute atomic E-state index is 0.241. The Labute approximate surface area is 162 Å². The van der Waals surface area contributed by atoms with E-state index in [1.54, 1.807) is 0 Å². The Morgan fingerprint density at radius 3 is 1.23 bits per heavy atom. The number of nitrogens with two attached hydrogens (primary N) is 1. The van der Waals surface area contributed by atoms with Gasteiger partial charge in [0.15, 0.2) is 0 Å². The van der Waals surface area contributed by atoms with Crippen molar-refractivity contribution in [3.63, 3.8) is 0 Å². The summed E-state index contributed by atoms with van der Waals surface area (Å²) in [5, 5.41) is 0. The van der Waals surface area contributed by atoms with Gasteiger partial charge < -0.3 is 5.73 Å². The van der Waals surface area contributed by atoms with E-state index in [1.165, 1.54) is 0 Å². The average Bonchev–Trinajstić information content (AvgIpc) is 2.65. The van der Waals surface area contributed by atoms with Gasteiger partial charge in [-0.3, -0.25) is 4.79 Å². The molecule has 2 N–H and O–H groups in total. The molecule has 0 aliphatic carbocycles. The number of carbonyl (C=O) groups excluding carboxylic acids is 1. The quantitative estimate of drug-likeness (QED) is 0.335. The zero-order valence-corrected chi connectivity index (χ0v) is 17.1. The standard InChI is InChI=1S/C22H33NO.C2H6/c1-2-3-4-5-6-7-8-9-10-11-12-13-14-15-16-17-18-19-20-21-22(23)24;1-2/h3-4,6-7,9-10,12-13,15-16,18-19H,2,5,8,11,14,17,20-21H2,1H3,(H2,23,24);1-2H3/b4-3-,7-6-,10-9-,13-12-,16-15-,19-18-;. The fourth-order valence-electron chi connectivity index (χ4n) is 1.87. The van der Waals surface area contributed by atoms with E-state index in [-0.39, 0.29) is 5.91 Å². The van der Waals surface area contributed by atoms with E-state index in [4.69, 9.17) is 5.73 Å². The van der Waals surface area contributed by atoms with Crippen molar-refractivity contribution in [2.75, 3.05) is 0 Å². The summed E-state index contributed by atoms with van der Waals surface area (Å²) in [6.07, 6.45) is 33.2. The monoisotopic (exact) mass is 357 g/mol. The first-order valence-electron chi connectivity index (χ1n) is 9.95. The normalized spacial score (nSPS) is 12.3. The molecule has 0 radical (unpaired) electrons. The first-order chi connectivity index (χ1) is 12.8. The average molecular weight is 358 g/mol. The third kappa shape index (κ3) is 26.8. The summed E-state index contributed by atoms with van der Waals surface area (Å²) in [5.74, 6) is -0.241. The van der Waals surface area contributed by atoms with Gasteiger partial charge in [0.25, 0.3) is 0 Å². The summed E-state index contributed by atoms with van der Waals surface area (Å²) in [6.45, 7) is 6.15. The molecule has 0 aromatic rings. The van der Waals surface area contributed by atoms with Gasteiger partial charge in [0, 0.05) is 6.42 Å². The second-order valence-corrected chi connectivity index (χ2v) is 5.42. The fourth-order valence-corrected chi connectivity index (χ4v) is 1.87. The van der Waals surface area contributed by atoms with Crippen molar-refractivity contribution < 1.29 is 4.79 Å². The smallest absolute Gasteiger partial charge is 0.217 e. The van der Waals surface area contributed by atoms with Gasteiger partial charge in [-0.1, -0.05) is 93.7 Å². The van der Waals surface area contributed by atoms with Crippen LogP contribution in [0, 0.1) is 0 Å². The first-order valence-corrected chi connectivity index (χ1v) is 9.95. The summed E-state index contributed by atoms with van der Waals surface area (Å²) >= 11 is 0. The topological polar surface area (TPSA) is 43.1 Å². The van der Waals surface area contributed by atoms with E-state index >= 15 is 0 Å². The molecule has 2 nitrogen and oxygen atoms in total. The molecule has 0 spiro atoms. The minimum atomic E-state index is -0.241. The van der Waals surface area contributed by atoms with Gasteiger partial charge in [-0.05, 0) is 44.9 Å². The molecule has 146 valence electrons. The molecule has 0 saturated carbocycles. The van der Waals surface area contributed by atoms with Crippen molar-refractivity contribution >= 4 is 5.91 Å². The molecule has 0 aromatic heterocycles. The number of carbonyl (C=O) groups is 1. The van der Waals surface area contributed by atoms with Crippen molar-refractivity contribution in [2.24, 2.45) is 5.73 Å². The van der Waals surface area contributed by atoms with Crippen LogP contribution in [0.3, 0.4) is 0 Å². The van der Waals surface area contributed by atoms with Crippen LogP contribution in [0.15, 0.2) is 72.9 Å². The third-order valence-corrected chi connectivity index (χ3v) is 3.15. The fraction of sp³-hybridized carbons (Fsp3) is 0.458. The van der Waals surface area contributed by atoms with Gasteiger partial charge in [0.05, 0.1) is 0 Å². The van der Waals surface area contributed by atoms with Crippen molar-refractivity contribution in [3.05, 3.63) is 72.9 Å². The summed E-state index contributed by atoms with van der Waals surface area (Å²) in [7, 11) is 0. The van der Waals surface area contributed by atoms with E-state index in [1.807, 2.05) is 19.9 Å². The zero-order valence-electron chi connectivity index (χ0n) is 17.1. The molecule has 2 heteroatoms. The second-order valence-electron chi connectivity index (χ2n) is 5.42. The van der Waals surface area contributed by atoms with E-state index < -0.39 is 0 Å². The molecule has 0 rings (SSSR count). The van der Waals surface area contributed by atoms with Crippen LogP contribution >= 0.6 is 0 Å². The second kappa shape index (κ2) is 25.2. The van der Waals surface area contributed by atoms with Crippen LogP contribution in [0.25, 0.3) is 0 Å². The maximum atomic E-state index is 10.5. The highest BCUT2D eigenvalue weighted by atomic mass is 16.1. The number of amides is 1. The SMILES string of the molecule is CC.CC/C=C\C/C=C\C/C=C\C/C=C\C/C=C\C/C=C\CCC(N)=O. The number of allylic oxidation sites excluding steroid dienone is 12. The molecule has 0 bridgehead atoms. The Morgan fingerprint density at radius 2 is 0.923 bits per heavy atom. The maximum Gasteiger partial charge on any atom is 0.217 e. The van der Waals surface area contributed by atoms with Crippen molar-refractivity contribution in [2.45, 2.75) is 72.1 Å². The lowest BCUT2D eigenvalue weighted by Crippen LogP contribution is -2.08. The summed E-state index contributed by atoms with van der Waals surface area (Å²) < 4.78 is 0. The highest BCUT2D eigenvalue weighted by Gasteiger charge is 1.87. The van der Waals surface area contributed by atoms with Gasteiger partial charge in [0.2, 0.25) is 5.91 Å².